The van der Waals surface area contributed by atoms with E-state index in [-0.39, 0.29) is 5.56 Å². The fourth-order valence-electron chi connectivity index (χ4n) is 1.52. The quantitative estimate of drug-likeness (QED) is 0.785. The van der Waals surface area contributed by atoms with Crippen LogP contribution >= 0.6 is 45.8 Å². The second kappa shape index (κ2) is 5.59. The van der Waals surface area contributed by atoms with Crippen LogP contribution in [0, 0.1) is 3.57 Å². The normalized spacial score (nSPS) is 10.7. The SMILES string of the molecule is CCc1nc(-c2ccc(Cl)c(Cl)c2)[nH]c(=O)c1I. The molecular weight excluding hydrogens is 386 g/mol. The van der Waals surface area contributed by atoms with Gasteiger partial charge in [0, 0.05) is 5.56 Å². The molecule has 0 aliphatic heterocycles. The Hall–Kier alpha value is -0.590. The number of hydrogen-bond donors (Lipinski definition) is 1. The van der Waals surface area contributed by atoms with Crippen LogP contribution in [0.2, 0.25) is 10.0 Å². The first-order chi connectivity index (χ1) is 8.52. The number of rotatable bonds is 2. The van der Waals surface area contributed by atoms with Gasteiger partial charge in [-0.05, 0) is 47.2 Å². The fraction of sp³-hybridized carbons (Fsp3) is 0.167. The Balaban J connectivity index is 2.60. The third kappa shape index (κ3) is 2.70. The van der Waals surface area contributed by atoms with Gasteiger partial charge in [-0.2, -0.15) is 0 Å². The summed E-state index contributed by atoms with van der Waals surface area (Å²) in [4.78, 5) is 18.9. The molecule has 1 aromatic heterocycles. The Labute approximate surface area is 128 Å². The van der Waals surface area contributed by atoms with Gasteiger partial charge in [-0.3, -0.25) is 4.79 Å². The van der Waals surface area contributed by atoms with Gasteiger partial charge in [-0.25, -0.2) is 4.98 Å². The first kappa shape index (κ1) is 13.8. The number of aryl methyl sites for hydroxylation is 1. The number of benzene rings is 1. The van der Waals surface area contributed by atoms with Crippen molar-refractivity contribution in [3.63, 3.8) is 0 Å². The summed E-state index contributed by atoms with van der Waals surface area (Å²) in [5, 5.41) is 0.914. The fourth-order valence-corrected chi connectivity index (χ4v) is 2.45. The van der Waals surface area contributed by atoms with Gasteiger partial charge in [0.05, 0.1) is 19.3 Å². The standard InChI is InChI=1S/C12H9Cl2IN2O/c1-2-9-10(15)12(18)17-11(16-9)6-3-4-7(13)8(14)5-6/h3-5H,2H2,1H3,(H,16,17,18). The van der Waals surface area contributed by atoms with E-state index in [1.54, 1.807) is 18.2 Å². The molecular formula is C12H9Cl2IN2O. The lowest BCUT2D eigenvalue weighted by atomic mass is 10.2. The molecule has 0 saturated heterocycles. The highest BCUT2D eigenvalue weighted by Crippen LogP contribution is 2.26. The van der Waals surface area contributed by atoms with Crippen molar-refractivity contribution in [1.82, 2.24) is 9.97 Å². The molecule has 3 nitrogen and oxygen atoms in total. The molecule has 0 unspecified atom stereocenters. The van der Waals surface area contributed by atoms with E-state index < -0.39 is 0 Å². The van der Waals surface area contributed by atoms with E-state index in [1.807, 2.05) is 29.5 Å². The van der Waals surface area contributed by atoms with E-state index in [1.165, 1.54) is 0 Å². The number of H-pyrrole nitrogens is 1. The Kier molecular flexibility index (Phi) is 4.29. The molecule has 0 spiro atoms. The lowest BCUT2D eigenvalue weighted by Gasteiger charge is -2.06. The van der Waals surface area contributed by atoms with Crippen molar-refractivity contribution in [1.29, 1.82) is 0 Å². The zero-order valence-corrected chi connectivity index (χ0v) is 13.1. The van der Waals surface area contributed by atoms with Crippen LogP contribution in [0.4, 0.5) is 0 Å². The van der Waals surface area contributed by atoms with E-state index in [9.17, 15) is 4.79 Å². The predicted octanol–water partition coefficient (Wildman–Crippen LogP) is 3.91. The first-order valence-corrected chi connectivity index (χ1v) is 7.10. The second-order valence-electron chi connectivity index (χ2n) is 3.66. The van der Waals surface area contributed by atoms with Crippen LogP contribution in [0.25, 0.3) is 11.4 Å². The summed E-state index contributed by atoms with van der Waals surface area (Å²) in [7, 11) is 0. The molecule has 0 aliphatic carbocycles. The molecule has 1 heterocycles. The largest absolute Gasteiger partial charge is 0.306 e. The van der Waals surface area contributed by atoms with Crippen LogP contribution in [0.1, 0.15) is 12.6 Å². The molecule has 2 rings (SSSR count). The van der Waals surface area contributed by atoms with E-state index in [0.29, 0.717) is 25.9 Å². The molecule has 94 valence electrons. The summed E-state index contributed by atoms with van der Waals surface area (Å²) in [6.07, 6.45) is 0.705. The smallest absolute Gasteiger partial charge is 0.264 e. The zero-order valence-electron chi connectivity index (χ0n) is 9.43. The average Bonchev–Trinajstić information content (AvgIpc) is 2.36. The van der Waals surface area contributed by atoms with Crippen LogP contribution < -0.4 is 5.56 Å². The highest BCUT2D eigenvalue weighted by molar-refractivity contribution is 14.1. The van der Waals surface area contributed by atoms with Crippen molar-refractivity contribution >= 4 is 45.8 Å². The van der Waals surface area contributed by atoms with Crippen molar-refractivity contribution in [3.8, 4) is 11.4 Å². The predicted molar refractivity (Wildman–Crippen MR) is 82.4 cm³/mol. The Morgan fingerprint density at radius 2 is 2.06 bits per heavy atom. The number of hydrogen-bond acceptors (Lipinski definition) is 2. The van der Waals surface area contributed by atoms with Crippen LogP contribution in [-0.4, -0.2) is 9.97 Å². The average molecular weight is 395 g/mol. The number of nitrogens with one attached hydrogen (secondary N) is 1. The molecule has 1 aromatic carbocycles. The minimum Gasteiger partial charge on any atom is -0.306 e. The highest BCUT2D eigenvalue weighted by Gasteiger charge is 2.10. The molecule has 0 aliphatic rings. The summed E-state index contributed by atoms with van der Waals surface area (Å²) >= 11 is 13.8. The van der Waals surface area contributed by atoms with Crippen molar-refractivity contribution in [2.75, 3.05) is 0 Å². The van der Waals surface area contributed by atoms with Crippen molar-refractivity contribution in [3.05, 3.63) is 47.9 Å². The minimum absolute atomic E-state index is 0.136. The Morgan fingerprint density at radius 3 is 2.67 bits per heavy atom. The molecule has 0 bridgehead atoms. The maximum absolute atomic E-state index is 11.8. The minimum atomic E-state index is -0.136. The van der Waals surface area contributed by atoms with Crippen molar-refractivity contribution in [2.45, 2.75) is 13.3 Å². The maximum atomic E-state index is 11.8. The summed E-state index contributed by atoms with van der Waals surface area (Å²) in [6.45, 7) is 1.96. The number of nitrogens with zero attached hydrogens (tertiary/aromatic N) is 1. The van der Waals surface area contributed by atoms with Crippen LogP contribution in [0.5, 0.6) is 0 Å². The van der Waals surface area contributed by atoms with Crippen LogP contribution in [0.3, 0.4) is 0 Å². The highest BCUT2D eigenvalue weighted by atomic mass is 127. The van der Waals surface area contributed by atoms with Gasteiger partial charge in [0.2, 0.25) is 0 Å². The number of halogens is 3. The third-order valence-electron chi connectivity index (χ3n) is 2.46. The topological polar surface area (TPSA) is 45.8 Å². The molecule has 0 amide bonds. The molecule has 0 atom stereocenters. The van der Waals surface area contributed by atoms with Crippen LogP contribution in [-0.2, 0) is 6.42 Å². The van der Waals surface area contributed by atoms with E-state index >= 15 is 0 Å². The van der Waals surface area contributed by atoms with E-state index in [4.69, 9.17) is 23.2 Å². The van der Waals surface area contributed by atoms with Crippen molar-refractivity contribution in [2.24, 2.45) is 0 Å². The Morgan fingerprint density at radius 1 is 1.33 bits per heavy atom. The van der Waals surface area contributed by atoms with Gasteiger partial charge in [0.1, 0.15) is 5.82 Å². The van der Waals surface area contributed by atoms with E-state index in [2.05, 4.69) is 9.97 Å². The molecule has 18 heavy (non-hydrogen) atoms. The second-order valence-corrected chi connectivity index (χ2v) is 5.55. The molecule has 1 N–H and O–H groups in total. The van der Waals surface area contributed by atoms with E-state index in [0.717, 1.165) is 11.3 Å². The summed E-state index contributed by atoms with van der Waals surface area (Å²) < 4.78 is 0.624. The summed E-state index contributed by atoms with van der Waals surface area (Å²) in [6, 6.07) is 5.15. The lowest BCUT2D eigenvalue weighted by molar-refractivity contribution is 0.968. The monoisotopic (exact) mass is 394 g/mol. The maximum Gasteiger partial charge on any atom is 0.264 e. The van der Waals surface area contributed by atoms with Gasteiger partial charge in [-0.1, -0.05) is 30.1 Å². The lowest BCUT2D eigenvalue weighted by Crippen LogP contribution is -2.15. The number of aromatic amines is 1. The van der Waals surface area contributed by atoms with Crippen LogP contribution in [0.15, 0.2) is 23.0 Å². The van der Waals surface area contributed by atoms with Gasteiger partial charge in [-0.15, -0.1) is 0 Å². The first-order valence-electron chi connectivity index (χ1n) is 5.27. The Bertz CT molecular complexity index is 655. The molecule has 6 heteroatoms. The van der Waals surface area contributed by atoms with Crippen molar-refractivity contribution < 1.29 is 0 Å². The summed E-state index contributed by atoms with van der Waals surface area (Å²) in [5.74, 6) is 0.510. The van der Waals surface area contributed by atoms with Gasteiger partial charge >= 0.3 is 0 Å². The van der Waals surface area contributed by atoms with Gasteiger partial charge < -0.3 is 4.98 Å². The number of aromatic nitrogens is 2. The molecule has 0 radical (unpaired) electrons. The molecule has 0 fully saturated rings. The zero-order chi connectivity index (χ0) is 13.3. The summed E-state index contributed by atoms with van der Waals surface area (Å²) in [5.41, 5.74) is 1.39. The molecule has 0 saturated carbocycles. The molecule has 2 aromatic rings. The third-order valence-corrected chi connectivity index (χ3v) is 4.31. The van der Waals surface area contributed by atoms with Gasteiger partial charge in [0.15, 0.2) is 0 Å². The van der Waals surface area contributed by atoms with Gasteiger partial charge in [0.25, 0.3) is 5.56 Å².